The number of aryl methyl sites for hydroxylation is 2. The van der Waals surface area contributed by atoms with Gasteiger partial charge in [-0.3, -0.25) is 0 Å². The van der Waals surface area contributed by atoms with Gasteiger partial charge >= 0.3 is 0 Å². The van der Waals surface area contributed by atoms with E-state index in [2.05, 4.69) is 9.97 Å². The van der Waals surface area contributed by atoms with Gasteiger partial charge in [0, 0.05) is 12.1 Å². The van der Waals surface area contributed by atoms with Crippen molar-refractivity contribution in [3.05, 3.63) is 53.1 Å². The molecular formula is C15H16N2O2. The summed E-state index contributed by atoms with van der Waals surface area (Å²) in [5.74, 6) is 1.52. The van der Waals surface area contributed by atoms with Gasteiger partial charge in [-0.1, -0.05) is 12.1 Å². The predicted octanol–water partition coefficient (Wildman–Crippen LogP) is 2.41. The van der Waals surface area contributed by atoms with Gasteiger partial charge in [0.25, 0.3) is 0 Å². The minimum absolute atomic E-state index is 0.414. The summed E-state index contributed by atoms with van der Waals surface area (Å²) in [7, 11) is 0. The summed E-state index contributed by atoms with van der Waals surface area (Å²) in [5, 5.41) is 0. The molecule has 0 saturated heterocycles. The zero-order valence-corrected chi connectivity index (χ0v) is 11.1. The fourth-order valence-electron chi connectivity index (χ4n) is 1.84. The minimum atomic E-state index is 0.414. The Labute approximate surface area is 112 Å². The summed E-state index contributed by atoms with van der Waals surface area (Å²) in [6.07, 6.45) is 1.33. The van der Waals surface area contributed by atoms with Crippen LogP contribution in [0.4, 0.5) is 0 Å². The predicted molar refractivity (Wildman–Crippen MR) is 72.0 cm³/mol. The molecular weight excluding hydrogens is 240 g/mol. The van der Waals surface area contributed by atoms with Crippen LogP contribution in [0.5, 0.6) is 5.75 Å². The molecule has 0 N–H and O–H groups in total. The normalized spacial score (nSPS) is 10.2. The molecule has 2 aromatic rings. The molecule has 0 aliphatic heterocycles. The van der Waals surface area contributed by atoms with Gasteiger partial charge in [-0.2, -0.15) is 0 Å². The Hall–Kier alpha value is -2.23. The lowest BCUT2D eigenvalue weighted by molar-refractivity contribution is -0.107. The summed E-state index contributed by atoms with van der Waals surface area (Å²) < 4.78 is 5.66. The van der Waals surface area contributed by atoms with Crippen molar-refractivity contribution < 1.29 is 9.53 Å². The summed E-state index contributed by atoms with van der Waals surface area (Å²) in [6, 6.07) is 9.41. The standard InChI is InChI=1S/C15H16N2O2/c1-11-9-14(17-12(2)16-11)10-19-15-5-3-13(4-6-15)7-8-18/h3-6,8-9H,7,10H2,1-2H3. The number of aromatic nitrogens is 2. The second-order valence-corrected chi connectivity index (χ2v) is 4.35. The molecule has 0 saturated carbocycles. The van der Waals surface area contributed by atoms with Crippen molar-refractivity contribution in [2.75, 3.05) is 0 Å². The van der Waals surface area contributed by atoms with Crippen LogP contribution in [-0.2, 0) is 17.8 Å². The van der Waals surface area contributed by atoms with Crippen molar-refractivity contribution in [3.8, 4) is 5.75 Å². The van der Waals surface area contributed by atoms with Crippen molar-refractivity contribution in [3.63, 3.8) is 0 Å². The van der Waals surface area contributed by atoms with Crippen LogP contribution in [0, 0.1) is 13.8 Å². The van der Waals surface area contributed by atoms with Crippen molar-refractivity contribution in [2.45, 2.75) is 26.9 Å². The summed E-state index contributed by atoms with van der Waals surface area (Å²) >= 11 is 0. The molecule has 4 heteroatoms. The van der Waals surface area contributed by atoms with Crippen molar-refractivity contribution >= 4 is 6.29 Å². The van der Waals surface area contributed by atoms with Crippen LogP contribution in [0.3, 0.4) is 0 Å². The third-order valence-corrected chi connectivity index (χ3v) is 2.65. The van der Waals surface area contributed by atoms with Crippen LogP contribution in [0.25, 0.3) is 0 Å². The second kappa shape index (κ2) is 6.09. The van der Waals surface area contributed by atoms with Crippen molar-refractivity contribution in [1.82, 2.24) is 9.97 Å². The first-order chi connectivity index (χ1) is 9.17. The number of ether oxygens (including phenoxy) is 1. The molecule has 1 heterocycles. The molecule has 0 aliphatic carbocycles. The van der Waals surface area contributed by atoms with Gasteiger partial charge in [0.2, 0.25) is 0 Å². The van der Waals surface area contributed by atoms with E-state index in [1.165, 1.54) is 0 Å². The first kappa shape index (κ1) is 13.2. The average molecular weight is 256 g/mol. The third kappa shape index (κ3) is 3.88. The lowest BCUT2D eigenvalue weighted by Gasteiger charge is -2.07. The molecule has 0 radical (unpaired) electrons. The van der Waals surface area contributed by atoms with Gasteiger partial charge in [-0.05, 0) is 37.6 Å². The van der Waals surface area contributed by atoms with Gasteiger partial charge in [0.1, 0.15) is 24.5 Å². The maximum Gasteiger partial charge on any atom is 0.130 e. The van der Waals surface area contributed by atoms with Crippen LogP contribution in [-0.4, -0.2) is 16.3 Å². The van der Waals surface area contributed by atoms with Crippen LogP contribution in [0.15, 0.2) is 30.3 Å². The monoisotopic (exact) mass is 256 g/mol. The number of hydrogen-bond acceptors (Lipinski definition) is 4. The maximum absolute atomic E-state index is 10.4. The van der Waals surface area contributed by atoms with E-state index in [4.69, 9.17) is 4.74 Å². The molecule has 2 rings (SSSR count). The van der Waals surface area contributed by atoms with Gasteiger partial charge in [0.05, 0.1) is 5.69 Å². The van der Waals surface area contributed by atoms with E-state index in [-0.39, 0.29) is 0 Å². The van der Waals surface area contributed by atoms with Crippen LogP contribution in [0.1, 0.15) is 22.8 Å². The molecule has 0 spiro atoms. The molecule has 0 fully saturated rings. The highest BCUT2D eigenvalue weighted by Gasteiger charge is 2.01. The van der Waals surface area contributed by atoms with Gasteiger partial charge < -0.3 is 9.53 Å². The fourth-order valence-corrected chi connectivity index (χ4v) is 1.84. The third-order valence-electron chi connectivity index (χ3n) is 2.65. The Morgan fingerprint density at radius 2 is 1.89 bits per heavy atom. The Morgan fingerprint density at radius 3 is 2.53 bits per heavy atom. The number of nitrogens with zero attached hydrogens (tertiary/aromatic N) is 2. The molecule has 0 unspecified atom stereocenters. The van der Waals surface area contributed by atoms with E-state index >= 15 is 0 Å². The zero-order chi connectivity index (χ0) is 13.7. The summed E-state index contributed by atoms with van der Waals surface area (Å²) in [4.78, 5) is 18.9. The topological polar surface area (TPSA) is 52.1 Å². The largest absolute Gasteiger partial charge is 0.487 e. The van der Waals surface area contributed by atoms with E-state index in [0.29, 0.717) is 13.0 Å². The van der Waals surface area contributed by atoms with E-state index in [1.807, 2.05) is 44.2 Å². The summed E-state index contributed by atoms with van der Waals surface area (Å²) in [6.45, 7) is 4.22. The number of rotatable bonds is 5. The number of aldehydes is 1. The van der Waals surface area contributed by atoms with Crippen LogP contribution >= 0.6 is 0 Å². The minimum Gasteiger partial charge on any atom is -0.487 e. The molecule has 1 aromatic heterocycles. The van der Waals surface area contributed by atoms with Crippen molar-refractivity contribution in [2.24, 2.45) is 0 Å². The first-order valence-corrected chi connectivity index (χ1v) is 6.14. The number of carbonyl (C=O) groups excluding carboxylic acids is 1. The zero-order valence-electron chi connectivity index (χ0n) is 11.1. The lowest BCUT2D eigenvalue weighted by Crippen LogP contribution is -2.02. The quantitative estimate of drug-likeness (QED) is 0.771. The molecule has 98 valence electrons. The fraction of sp³-hybridized carbons (Fsp3) is 0.267. The molecule has 0 bridgehead atoms. The first-order valence-electron chi connectivity index (χ1n) is 6.14. The van der Waals surface area contributed by atoms with Crippen molar-refractivity contribution in [1.29, 1.82) is 0 Å². The summed E-state index contributed by atoms with van der Waals surface area (Å²) in [5.41, 5.74) is 2.78. The van der Waals surface area contributed by atoms with Crippen LogP contribution in [0.2, 0.25) is 0 Å². The van der Waals surface area contributed by atoms with Crippen LogP contribution < -0.4 is 4.74 Å². The Morgan fingerprint density at radius 1 is 1.16 bits per heavy atom. The van der Waals surface area contributed by atoms with E-state index < -0.39 is 0 Å². The highest BCUT2D eigenvalue weighted by atomic mass is 16.5. The molecule has 4 nitrogen and oxygen atoms in total. The molecule has 0 aliphatic rings. The van der Waals surface area contributed by atoms with Gasteiger partial charge in [-0.15, -0.1) is 0 Å². The molecule has 19 heavy (non-hydrogen) atoms. The van der Waals surface area contributed by atoms with E-state index in [9.17, 15) is 4.79 Å². The maximum atomic E-state index is 10.4. The SMILES string of the molecule is Cc1cc(COc2ccc(CC=O)cc2)nc(C)n1. The number of carbonyl (C=O) groups is 1. The highest BCUT2D eigenvalue weighted by molar-refractivity contribution is 5.55. The Bertz CT molecular complexity index is 545. The molecule has 0 atom stereocenters. The number of benzene rings is 1. The van der Waals surface area contributed by atoms with Gasteiger partial charge in [0.15, 0.2) is 0 Å². The highest BCUT2D eigenvalue weighted by Crippen LogP contribution is 2.14. The second-order valence-electron chi connectivity index (χ2n) is 4.35. The smallest absolute Gasteiger partial charge is 0.130 e. The number of hydrogen-bond donors (Lipinski definition) is 0. The average Bonchev–Trinajstić information content (AvgIpc) is 2.37. The van der Waals surface area contributed by atoms with Gasteiger partial charge in [-0.25, -0.2) is 9.97 Å². The lowest BCUT2D eigenvalue weighted by atomic mass is 10.2. The molecule has 0 amide bonds. The Kier molecular flexibility index (Phi) is 4.23. The molecule has 1 aromatic carbocycles. The van der Waals surface area contributed by atoms with E-state index in [1.54, 1.807) is 0 Å². The Balaban J connectivity index is 1.99. The van der Waals surface area contributed by atoms with E-state index in [0.717, 1.165) is 34.8 Å².